The van der Waals surface area contributed by atoms with Gasteiger partial charge in [0.25, 0.3) is 0 Å². The maximum atomic E-state index is 13.4. The molecule has 4 heteroatoms. The fourth-order valence-electron chi connectivity index (χ4n) is 1.85. The van der Waals surface area contributed by atoms with Crippen LogP contribution in [0.25, 0.3) is 0 Å². The minimum absolute atomic E-state index is 0.0917. The number of rotatable bonds is 3. The molecule has 0 aromatic heterocycles. The highest BCUT2D eigenvalue weighted by atomic mass is 19.1. The molecular formula is C13H13FO3. The number of benzene rings is 1. The van der Waals surface area contributed by atoms with Crippen LogP contribution in [-0.4, -0.2) is 17.2 Å². The van der Waals surface area contributed by atoms with Gasteiger partial charge in [0, 0.05) is 0 Å². The Morgan fingerprint density at radius 2 is 2.29 bits per heavy atom. The summed E-state index contributed by atoms with van der Waals surface area (Å²) in [4.78, 5) is 10.9. The summed E-state index contributed by atoms with van der Waals surface area (Å²) in [6.07, 6.45) is 6.55. The van der Waals surface area contributed by atoms with E-state index in [0.29, 0.717) is 0 Å². The number of hydrogen-bond donors (Lipinski definition) is 1. The van der Waals surface area contributed by atoms with Crippen LogP contribution in [0.2, 0.25) is 0 Å². The second-order valence-corrected chi connectivity index (χ2v) is 3.93. The normalized spacial score (nSPS) is 19.0. The Morgan fingerprint density at radius 3 is 2.94 bits per heavy atom. The summed E-state index contributed by atoms with van der Waals surface area (Å²) < 4.78 is 18.9. The molecule has 3 nitrogen and oxygen atoms in total. The lowest BCUT2D eigenvalue weighted by Gasteiger charge is -2.19. The lowest BCUT2D eigenvalue weighted by atomic mass is 10.1. The lowest BCUT2D eigenvalue weighted by molar-refractivity contribution is 0.0684. The van der Waals surface area contributed by atoms with Crippen molar-refractivity contribution in [1.82, 2.24) is 0 Å². The van der Waals surface area contributed by atoms with Crippen molar-refractivity contribution >= 4 is 5.97 Å². The molecule has 0 bridgehead atoms. The Kier molecular flexibility index (Phi) is 3.42. The van der Waals surface area contributed by atoms with Crippen molar-refractivity contribution < 1.29 is 19.0 Å². The largest absolute Gasteiger partial charge is 0.485 e. The van der Waals surface area contributed by atoms with Gasteiger partial charge < -0.3 is 9.84 Å². The van der Waals surface area contributed by atoms with Gasteiger partial charge >= 0.3 is 5.97 Å². The van der Waals surface area contributed by atoms with Crippen molar-refractivity contribution in [2.75, 3.05) is 0 Å². The molecular weight excluding hydrogens is 223 g/mol. The van der Waals surface area contributed by atoms with Crippen LogP contribution in [-0.2, 0) is 0 Å². The molecule has 0 fully saturated rings. The summed E-state index contributed by atoms with van der Waals surface area (Å²) in [5, 5.41) is 8.94. The number of carbonyl (C=O) groups is 1. The first-order chi connectivity index (χ1) is 8.18. The SMILES string of the molecule is O=C(O)c1c(F)cccc1OC1C=CCCC1. The van der Waals surface area contributed by atoms with Gasteiger partial charge in [-0.25, -0.2) is 9.18 Å². The molecule has 1 aromatic rings. The summed E-state index contributed by atoms with van der Waals surface area (Å²) in [5.41, 5.74) is -0.397. The minimum atomic E-state index is -1.31. The molecule has 1 N–H and O–H groups in total. The van der Waals surface area contributed by atoms with Gasteiger partial charge in [0.2, 0.25) is 0 Å². The van der Waals surface area contributed by atoms with Crippen LogP contribution in [0.5, 0.6) is 5.75 Å². The third-order valence-electron chi connectivity index (χ3n) is 2.68. The van der Waals surface area contributed by atoms with Gasteiger partial charge in [-0.1, -0.05) is 12.1 Å². The minimum Gasteiger partial charge on any atom is -0.485 e. The van der Waals surface area contributed by atoms with E-state index in [1.807, 2.05) is 12.2 Å². The first-order valence-electron chi connectivity index (χ1n) is 5.53. The van der Waals surface area contributed by atoms with Crippen molar-refractivity contribution in [3.63, 3.8) is 0 Å². The quantitative estimate of drug-likeness (QED) is 0.820. The summed E-state index contributed by atoms with van der Waals surface area (Å²) in [6, 6.07) is 4.05. The van der Waals surface area contributed by atoms with E-state index >= 15 is 0 Å². The van der Waals surface area contributed by atoms with Gasteiger partial charge in [0.15, 0.2) is 0 Å². The molecule has 0 saturated heterocycles. The van der Waals surface area contributed by atoms with E-state index in [0.717, 1.165) is 25.3 Å². The third-order valence-corrected chi connectivity index (χ3v) is 2.68. The first-order valence-corrected chi connectivity index (χ1v) is 5.53. The van der Waals surface area contributed by atoms with Gasteiger partial charge in [-0.15, -0.1) is 0 Å². The van der Waals surface area contributed by atoms with Gasteiger partial charge in [-0.05, 0) is 37.5 Å². The van der Waals surface area contributed by atoms with Crippen LogP contribution >= 0.6 is 0 Å². The van der Waals surface area contributed by atoms with Gasteiger partial charge in [-0.3, -0.25) is 0 Å². The molecule has 1 aliphatic rings. The Balaban J connectivity index is 2.25. The predicted octanol–water partition coefficient (Wildman–Crippen LogP) is 3.01. The molecule has 0 aliphatic heterocycles. The Bertz CT molecular complexity index is 454. The van der Waals surface area contributed by atoms with Crippen LogP contribution in [0, 0.1) is 5.82 Å². The maximum Gasteiger partial charge on any atom is 0.342 e. The highest BCUT2D eigenvalue weighted by Gasteiger charge is 2.19. The van der Waals surface area contributed by atoms with Gasteiger partial charge in [0.1, 0.15) is 23.2 Å². The molecule has 1 aromatic carbocycles. The van der Waals surface area contributed by atoms with Crippen LogP contribution in [0.1, 0.15) is 29.6 Å². The first kappa shape index (κ1) is 11.6. The molecule has 0 radical (unpaired) electrons. The molecule has 0 spiro atoms. The van der Waals surface area contributed by atoms with Crippen molar-refractivity contribution in [3.05, 3.63) is 41.7 Å². The number of hydrogen-bond acceptors (Lipinski definition) is 2. The van der Waals surface area contributed by atoms with Gasteiger partial charge in [-0.2, -0.15) is 0 Å². The molecule has 0 amide bonds. The number of halogens is 1. The fraction of sp³-hybridized carbons (Fsp3) is 0.308. The molecule has 1 aliphatic carbocycles. The molecule has 0 heterocycles. The molecule has 1 unspecified atom stereocenters. The number of aromatic carboxylic acids is 1. The maximum absolute atomic E-state index is 13.4. The highest BCUT2D eigenvalue weighted by molar-refractivity contribution is 5.91. The fourth-order valence-corrected chi connectivity index (χ4v) is 1.85. The third kappa shape index (κ3) is 2.64. The Labute approximate surface area is 98.5 Å². The van der Waals surface area contributed by atoms with Crippen molar-refractivity contribution in [3.8, 4) is 5.75 Å². The molecule has 0 saturated carbocycles. The average molecular weight is 236 g/mol. The highest BCUT2D eigenvalue weighted by Crippen LogP contribution is 2.25. The van der Waals surface area contributed by atoms with Crippen molar-refractivity contribution in [2.45, 2.75) is 25.4 Å². The predicted molar refractivity (Wildman–Crippen MR) is 60.8 cm³/mol. The molecule has 17 heavy (non-hydrogen) atoms. The number of carboxylic acid groups (broad SMARTS) is 1. The smallest absolute Gasteiger partial charge is 0.342 e. The summed E-state index contributed by atoms with van der Waals surface area (Å²) >= 11 is 0. The van der Waals surface area contributed by atoms with E-state index in [9.17, 15) is 9.18 Å². The zero-order valence-corrected chi connectivity index (χ0v) is 9.23. The van der Waals surface area contributed by atoms with Crippen molar-refractivity contribution in [1.29, 1.82) is 0 Å². The van der Waals surface area contributed by atoms with Crippen LogP contribution in [0.3, 0.4) is 0 Å². The second-order valence-electron chi connectivity index (χ2n) is 3.93. The molecule has 2 rings (SSSR count). The van der Waals surface area contributed by atoms with Crippen molar-refractivity contribution in [2.24, 2.45) is 0 Å². The zero-order valence-electron chi connectivity index (χ0n) is 9.23. The summed E-state index contributed by atoms with van der Waals surface area (Å²) in [7, 11) is 0. The second kappa shape index (κ2) is 4.99. The van der Waals surface area contributed by atoms with E-state index in [2.05, 4.69) is 0 Å². The summed E-state index contributed by atoms with van der Waals surface area (Å²) in [6.45, 7) is 0. The number of carboxylic acids is 1. The lowest BCUT2D eigenvalue weighted by Crippen LogP contribution is -2.17. The van der Waals surface area contributed by atoms with E-state index in [1.54, 1.807) is 0 Å². The Morgan fingerprint density at radius 1 is 1.47 bits per heavy atom. The van der Waals surface area contributed by atoms with Crippen LogP contribution in [0.4, 0.5) is 4.39 Å². The zero-order chi connectivity index (χ0) is 12.3. The van der Waals surface area contributed by atoms with E-state index < -0.39 is 17.3 Å². The summed E-state index contributed by atoms with van der Waals surface area (Å²) in [5.74, 6) is -1.98. The van der Waals surface area contributed by atoms with E-state index in [4.69, 9.17) is 9.84 Å². The standard InChI is InChI=1S/C13H13FO3/c14-10-7-4-8-11(12(10)13(15)16)17-9-5-2-1-3-6-9/h2,4-5,7-9H,1,3,6H2,(H,15,16). The Hall–Kier alpha value is -1.84. The van der Waals surface area contributed by atoms with E-state index in [1.165, 1.54) is 12.1 Å². The van der Waals surface area contributed by atoms with Gasteiger partial charge in [0.05, 0.1) is 0 Å². The average Bonchev–Trinajstić information content (AvgIpc) is 2.30. The van der Waals surface area contributed by atoms with E-state index in [-0.39, 0.29) is 11.9 Å². The number of ether oxygens (including phenoxy) is 1. The molecule has 1 atom stereocenters. The molecule has 90 valence electrons. The topological polar surface area (TPSA) is 46.5 Å². The number of allylic oxidation sites excluding steroid dienone is 1. The van der Waals surface area contributed by atoms with Crippen LogP contribution in [0.15, 0.2) is 30.4 Å². The monoisotopic (exact) mass is 236 g/mol. The van der Waals surface area contributed by atoms with Crippen LogP contribution < -0.4 is 4.74 Å².